The van der Waals surface area contributed by atoms with Crippen molar-refractivity contribution in [3.8, 4) is 5.75 Å². The van der Waals surface area contributed by atoms with E-state index in [-0.39, 0.29) is 6.04 Å². The first-order valence-corrected chi connectivity index (χ1v) is 7.71. The fourth-order valence-electron chi connectivity index (χ4n) is 2.03. The molecule has 0 aliphatic rings. The van der Waals surface area contributed by atoms with Gasteiger partial charge in [-0.1, -0.05) is 18.2 Å². The molecule has 1 heterocycles. The predicted molar refractivity (Wildman–Crippen MR) is 83.5 cm³/mol. The summed E-state index contributed by atoms with van der Waals surface area (Å²) in [6.45, 7) is 0. The summed E-state index contributed by atoms with van der Waals surface area (Å²) >= 11 is 5.21. The third kappa shape index (κ3) is 4.04. The van der Waals surface area contributed by atoms with E-state index in [1.807, 2.05) is 18.2 Å². The molecular formula is C14H17BrN2OS. The second-order valence-corrected chi connectivity index (χ2v) is 6.23. The Morgan fingerprint density at radius 3 is 2.79 bits per heavy atom. The van der Waals surface area contributed by atoms with Gasteiger partial charge in [0.25, 0.3) is 0 Å². The van der Waals surface area contributed by atoms with Crippen LogP contribution < -0.4 is 16.0 Å². The van der Waals surface area contributed by atoms with E-state index in [2.05, 4.69) is 38.9 Å². The highest BCUT2D eigenvalue weighted by molar-refractivity contribution is 9.10. The fraction of sp³-hybridized carbons (Fsp3) is 0.286. The molecule has 0 radical (unpaired) electrons. The van der Waals surface area contributed by atoms with Crippen molar-refractivity contribution in [3.05, 3.63) is 50.6 Å². The lowest BCUT2D eigenvalue weighted by molar-refractivity contribution is 0.405. The lowest BCUT2D eigenvalue weighted by atomic mass is 10.0. The molecule has 1 aromatic carbocycles. The van der Waals surface area contributed by atoms with Crippen molar-refractivity contribution in [2.24, 2.45) is 5.84 Å². The minimum atomic E-state index is 0.196. The summed E-state index contributed by atoms with van der Waals surface area (Å²) in [7, 11) is 1.69. The molecule has 19 heavy (non-hydrogen) atoms. The van der Waals surface area contributed by atoms with Gasteiger partial charge in [-0.25, -0.2) is 0 Å². The summed E-state index contributed by atoms with van der Waals surface area (Å²) in [5, 5.41) is 2.09. The molecule has 0 saturated carbocycles. The van der Waals surface area contributed by atoms with Crippen LogP contribution in [0, 0.1) is 0 Å². The van der Waals surface area contributed by atoms with Crippen LogP contribution in [0.3, 0.4) is 0 Å². The SMILES string of the molecule is COc1ccccc1CC(Cc1cc(Br)cs1)NN. The largest absolute Gasteiger partial charge is 0.496 e. The van der Waals surface area contributed by atoms with Gasteiger partial charge in [0.15, 0.2) is 0 Å². The van der Waals surface area contributed by atoms with Crippen molar-refractivity contribution in [1.29, 1.82) is 0 Å². The maximum absolute atomic E-state index is 5.67. The van der Waals surface area contributed by atoms with Gasteiger partial charge in [-0.2, -0.15) is 0 Å². The molecule has 0 bridgehead atoms. The molecule has 2 aromatic rings. The summed E-state index contributed by atoms with van der Waals surface area (Å²) in [4.78, 5) is 1.31. The maximum atomic E-state index is 5.67. The Morgan fingerprint density at radius 2 is 2.16 bits per heavy atom. The number of halogens is 1. The maximum Gasteiger partial charge on any atom is 0.122 e. The molecular weight excluding hydrogens is 324 g/mol. The van der Waals surface area contributed by atoms with Crippen molar-refractivity contribution in [3.63, 3.8) is 0 Å². The highest BCUT2D eigenvalue weighted by atomic mass is 79.9. The molecule has 1 atom stereocenters. The van der Waals surface area contributed by atoms with E-state index in [9.17, 15) is 0 Å². The second-order valence-electron chi connectivity index (χ2n) is 4.31. The molecule has 0 amide bonds. The van der Waals surface area contributed by atoms with Crippen LogP contribution in [0.5, 0.6) is 5.75 Å². The van der Waals surface area contributed by atoms with Crippen LogP contribution in [0.1, 0.15) is 10.4 Å². The van der Waals surface area contributed by atoms with Gasteiger partial charge in [0.2, 0.25) is 0 Å². The predicted octanol–water partition coefficient (Wildman–Crippen LogP) is 3.14. The number of rotatable bonds is 6. The molecule has 0 fully saturated rings. The van der Waals surface area contributed by atoms with Crippen LogP contribution in [-0.2, 0) is 12.8 Å². The van der Waals surface area contributed by atoms with Crippen LogP contribution in [-0.4, -0.2) is 13.2 Å². The summed E-state index contributed by atoms with van der Waals surface area (Å²) in [6.07, 6.45) is 1.75. The number of ether oxygens (including phenoxy) is 1. The van der Waals surface area contributed by atoms with E-state index in [4.69, 9.17) is 10.6 Å². The minimum absolute atomic E-state index is 0.196. The summed E-state index contributed by atoms with van der Waals surface area (Å²) in [5.41, 5.74) is 4.07. The molecule has 102 valence electrons. The van der Waals surface area contributed by atoms with Gasteiger partial charge in [-0.05, 0) is 46.5 Å². The molecule has 3 N–H and O–H groups in total. The van der Waals surface area contributed by atoms with Crippen LogP contribution in [0.4, 0.5) is 0 Å². The zero-order valence-electron chi connectivity index (χ0n) is 10.7. The van der Waals surface area contributed by atoms with Crippen molar-refractivity contribution in [2.75, 3.05) is 7.11 Å². The quantitative estimate of drug-likeness (QED) is 0.627. The van der Waals surface area contributed by atoms with Gasteiger partial charge < -0.3 is 4.74 Å². The second kappa shape index (κ2) is 7.05. The lowest BCUT2D eigenvalue weighted by Gasteiger charge is -2.16. The van der Waals surface area contributed by atoms with E-state index in [0.717, 1.165) is 23.1 Å². The molecule has 0 saturated heterocycles. The van der Waals surface area contributed by atoms with Crippen LogP contribution >= 0.6 is 27.3 Å². The standard InChI is InChI=1S/C14H17BrN2OS/c1-18-14-5-3-2-4-10(14)6-12(17-16)8-13-7-11(15)9-19-13/h2-5,7,9,12,17H,6,8,16H2,1H3. The molecule has 1 aromatic heterocycles. The molecule has 0 aliphatic heterocycles. The number of hydrogen-bond acceptors (Lipinski definition) is 4. The number of hydrazine groups is 1. The zero-order valence-corrected chi connectivity index (χ0v) is 13.1. The first kappa shape index (κ1) is 14.5. The fourth-order valence-corrected chi connectivity index (χ4v) is 3.56. The first-order chi connectivity index (χ1) is 9.22. The van der Waals surface area contributed by atoms with E-state index in [0.29, 0.717) is 0 Å². The third-order valence-electron chi connectivity index (χ3n) is 2.96. The number of hydrogen-bond donors (Lipinski definition) is 2. The van der Waals surface area contributed by atoms with Crippen LogP contribution in [0.15, 0.2) is 40.2 Å². The average Bonchev–Trinajstić information content (AvgIpc) is 2.84. The van der Waals surface area contributed by atoms with Gasteiger partial charge in [0.05, 0.1) is 7.11 Å². The zero-order chi connectivity index (χ0) is 13.7. The normalized spacial score (nSPS) is 12.4. The Balaban J connectivity index is 2.06. The van der Waals surface area contributed by atoms with Crippen molar-refractivity contribution >= 4 is 27.3 Å². The Hall–Kier alpha value is -0.880. The van der Waals surface area contributed by atoms with Crippen molar-refractivity contribution < 1.29 is 4.74 Å². The molecule has 1 unspecified atom stereocenters. The highest BCUT2D eigenvalue weighted by Gasteiger charge is 2.13. The Labute approximate surface area is 125 Å². The number of methoxy groups -OCH3 is 1. The van der Waals surface area contributed by atoms with E-state index >= 15 is 0 Å². The Morgan fingerprint density at radius 1 is 1.37 bits per heavy atom. The summed E-state index contributed by atoms with van der Waals surface area (Å²) in [6, 6.07) is 10.4. The third-order valence-corrected chi connectivity index (χ3v) is 4.68. The van der Waals surface area contributed by atoms with Crippen molar-refractivity contribution in [2.45, 2.75) is 18.9 Å². The summed E-state index contributed by atoms with van der Waals surface area (Å²) < 4.78 is 6.50. The van der Waals surface area contributed by atoms with Gasteiger partial charge in [0, 0.05) is 20.8 Å². The van der Waals surface area contributed by atoms with E-state index in [1.54, 1.807) is 18.4 Å². The topological polar surface area (TPSA) is 47.3 Å². The monoisotopic (exact) mass is 340 g/mol. The van der Waals surface area contributed by atoms with Crippen molar-refractivity contribution in [1.82, 2.24) is 5.43 Å². The Bertz CT molecular complexity index is 530. The van der Waals surface area contributed by atoms with Crippen LogP contribution in [0.2, 0.25) is 0 Å². The van der Waals surface area contributed by atoms with Gasteiger partial charge in [0.1, 0.15) is 5.75 Å². The molecule has 3 nitrogen and oxygen atoms in total. The smallest absolute Gasteiger partial charge is 0.122 e. The number of nitrogens with two attached hydrogens (primary N) is 1. The first-order valence-electron chi connectivity index (χ1n) is 6.04. The molecule has 2 rings (SSSR count). The van der Waals surface area contributed by atoms with Gasteiger partial charge in [-0.3, -0.25) is 11.3 Å². The van der Waals surface area contributed by atoms with Gasteiger partial charge in [-0.15, -0.1) is 11.3 Å². The van der Waals surface area contributed by atoms with Gasteiger partial charge >= 0.3 is 0 Å². The lowest BCUT2D eigenvalue weighted by Crippen LogP contribution is -2.38. The number of para-hydroxylation sites is 1. The minimum Gasteiger partial charge on any atom is -0.496 e. The van der Waals surface area contributed by atoms with E-state index in [1.165, 1.54) is 10.4 Å². The molecule has 5 heteroatoms. The average molecular weight is 341 g/mol. The van der Waals surface area contributed by atoms with Crippen LogP contribution in [0.25, 0.3) is 0 Å². The summed E-state index contributed by atoms with van der Waals surface area (Å²) in [5.74, 6) is 6.58. The van der Waals surface area contributed by atoms with E-state index < -0.39 is 0 Å². The highest BCUT2D eigenvalue weighted by Crippen LogP contribution is 2.23. The number of thiophene rings is 1. The molecule has 0 spiro atoms. The number of nitrogens with one attached hydrogen (secondary N) is 1. The molecule has 0 aliphatic carbocycles. The number of benzene rings is 1. The Kier molecular flexibility index (Phi) is 5.39.